The van der Waals surface area contributed by atoms with Crippen LogP contribution in [0.25, 0.3) is 0 Å². The Balaban J connectivity index is 0.000000296. The van der Waals surface area contributed by atoms with Crippen LogP contribution in [-0.4, -0.2) is 31.0 Å². The molecule has 2 aliphatic heterocycles. The number of allylic oxidation sites excluding steroid dienone is 2. The Labute approximate surface area is 202 Å². The fourth-order valence-corrected chi connectivity index (χ4v) is 4.63. The monoisotopic (exact) mass is 484 g/mol. The third kappa shape index (κ3) is 10.6. The Bertz CT molecular complexity index is 636. The van der Waals surface area contributed by atoms with E-state index >= 15 is 0 Å². The lowest BCUT2D eigenvalue weighted by Gasteiger charge is -2.18. The van der Waals surface area contributed by atoms with E-state index in [0.29, 0.717) is 49.1 Å². The third-order valence-corrected chi connectivity index (χ3v) is 6.79. The van der Waals surface area contributed by atoms with Crippen molar-refractivity contribution in [3.63, 3.8) is 0 Å². The van der Waals surface area contributed by atoms with Crippen LogP contribution in [0, 0.1) is 11.8 Å². The number of rotatable bonds is 16. The summed E-state index contributed by atoms with van der Waals surface area (Å²) in [6, 6.07) is 0. The zero-order valence-electron chi connectivity index (χ0n) is 20.3. The van der Waals surface area contributed by atoms with Gasteiger partial charge in [0, 0.05) is 21.5 Å². The molecule has 4 rings (SSSR count). The first-order valence-electron chi connectivity index (χ1n) is 12.7. The van der Waals surface area contributed by atoms with Crippen molar-refractivity contribution >= 4 is 0 Å². The van der Waals surface area contributed by atoms with Gasteiger partial charge in [-0.25, -0.2) is 4.89 Å². The van der Waals surface area contributed by atoms with Crippen molar-refractivity contribution < 1.29 is 44.4 Å². The van der Waals surface area contributed by atoms with Crippen molar-refractivity contribution in [3.05, 3.63) is 30.7 Å². The first-order chi connectivity index (χ1) is 16.7. The first kappa shape index (κ1) is 27.3. The molecule has 2 aliphatic carbocycles. The highest BCUT2D eigenvalue weighted by Crippen LogP contribution is 2.41. The predicted octanol–water partition coefficient (Wildman–Crippen LogP) is 5.93. The SMILES string of the molecule is C=C=C(CC1CCC2OC2C1)OOOOOOOCCCCCCC.C=CC1CCC2OC2C1. The minimum absolute atomic E-state index is 0.404. The molecule has 2 saturated heterocycles. The molecule has 4 fully saturated rings. The number of hydrogen-bond acceptors (Lipinski definition) is 9. The van der Waals surface area contributed by atoms with Gasteiger partial charge in [-0.1, -0.05) is 51.0 Å². The molecule has 194 valence electrons. The second kappa shape index (κ2) is 15.7. The number of epoxide rings is 2. The second-order valence-electron chi connectivity index (χ2n) is 9.38. The van der Waals surface area contributed by atoms with E-state index in [-0.39, 0.29) is 0 Å². The summed E-state index contributed by atoms with van der Waals surface area (Å²) in [6.07, 6.45) is 17.4. The van der Waals surface area contributed by atoms with Crippen molar-refractivity contribution in [2.75, 3.05) is 6.61 Å². The largest absolute Gasteiger partial charge is 0.370 e. The second-order valence-corrected chi connectivity index (χ2v) is 9.38. The average Bonchev–Trinajstić information content (AvgIpc) is 3.78. The van der Waals surface area contributed by atoms with E-state index < -0.39 is 0 Å². The van der Waals surface area contributed by atoms with E-state index in [0.717, 1.165) is 38.0 Å². The molecule has 0 amide bonds. The summed E-state index contributed by atoms with van der Waals surface area (Å²) in [6.45, 7) is 9.91. The minimum atomic E-state index is 0.404. The van der Waals surface area contributed by atoms with Crippen molar-refractivity contribution in [1.29, 1.82) is 0 Å². The van der Waals surface area contributed by atoms with Crippen LogP contribution in [0.4, 0.5) is 0 Å². The summed E-state index contributed by atoms with van der Waals surface area (Å²) in [4.78, 5) is 9.62. The number of unbranched alkanes of at least 4 members (excludes halogenated alkanes) is 4. The molecule has 34 heavy (non-hydrogen) atoms. The van der Waals surface area contributed by atoms with Crippen LogP contribution in [0.2, 0.25) is 0 Å². The highest BCUT2D eigenvalue weighted by molar-refractivity contribution is 4.98. The molecule has 0 radical (unpaired) electrons. The van der Waals surface area contributed by atoms with Crippen LogP contribution >= 0.6 is 0 Å². The molecule has 9 nitrogen and oxygen atoms in total. The Morgan fingerprint density at radius 3 is 2.26 bits per heavy atom. The lowest BCUT2D eigenvalue weighted by molar-refractivity contribution is -0.787. The normalized spacial score (nSPS) is 30.6. The first-order valence-corrected chi connectivity index (χ1v) is 12.7. The summed E-state index contributed by atoms with van der Waals surface area (Å²) in [5, 5.41) is 21.1. The van der Waals surface area contributed by atoms with Crippen molar-refractivity contribution in [1.82, 2.24) is 0 Å². The fraction of sp³-hybridized carbons (Fsp3) is 0.800. The van der Waals surface area contributed by atoms with E-state index in [2.05, 4.69) is 57.1 Å². The van der Waals surface area contributed by atoms with Gasteiger partial charge in [0.15, 0.2) is 5.76 Å². The summed E-state index contributed by atoms with van der Waals surface area (Å²) in [5.41, 5.74) is 2.66. The van der Waals surface area contributed by atoms with Crippen molar-refractivity contribution in [2.45, 2.75) is 108 Å². The van der Waals surface area contributed by atoms with E-state index in [9.17, 15) is 0 Å². The molecule has 6 unspecified atom stereocenters. The maximum absolute atomic E-state index is 5.50. The summed E-state index contributed by atoms with van der Waals surface area (Å²) >= 11 is 0. The molecule has 4 aliphatic rings. The molecule has 2 saturated carbocycles. The van der Waals surface area contributed by atoms with Gasteiger partial charge >= 0.3 is 0 Å². The van der Waals surface area contributed by atoms with Crippen LogP contribution in [0.15, 0.2) is 30.7 Å². The van der Waals surface area contributed by atoms with Crippen LogP contribution in [0.3, 0.4) is 0 Å². The average molecular weight is 485 g/mol. The van der Waals surface area contributed by atoms with Crippen molar-refractivity contribution in [2.24, 2.45) is 11.8 Å². The fourth-order valence-electron chi connectivity index (χ4n) is 4.63. The zero-order valence-corrected chi connectivity index (χ0v) is 20.3. The topological polar surface area (TPSA) is 89.7 Å². The van der Waals surface area contributed by atoms with E-state index in [4.69, 9.17) is 19.2 Å². The van der Waals surface area contributed by atoms with Gasteiger partial charge in [-0.2, -0.15) is 0 Å². The zero-order chi connectivity index (χ0) is 24.0. The number of hydrogen-bond donors (Lipinski definition) is 0. The molecule has 0 aromatic heterocycles. The van der Waals surface area contributed by atoms with Gasteiger partial charge in [-0.15, -0.1) is 6.58 Å². The molecule has 6 atom stereocenters. The summed E-state index contributed by atoms with van der Waals surface area (Å²) in [5.74, 6) is 1.63. The standard InChI is InChI=1S/C17H28O8.C8H12O/c1-3-5-6-7-8-11-18-21-23-25-24-22-20-15(4-2)12-14-9-10-16-17(13-14)19-16;1-2-6-3-4-7-8(5-6)9-7/h14,16-17H,2-3,5-13H2,1H3;2,6-8H,1,3-5H2. The third-order valence-electron chi connectivity index (χ3n) is 6.79. The maximum atomic E-state index is 5.50. The molecule has 0 N–H and O–H groups in total. The maximum Gasteiger partial charge on any atom is 0.187 e. The molecular formula is C25H40O9. The molecule has 0 spiro atoms. The number of fused-ring (bicyclic) bond motifs is 2. The van der Waals surface area contributed by atoms with Gasteiger partial charge in [-0.3, -0.25) is 0 Å². The molecule has 0 aromatic rings. The smallest absolute Gasteiger partial charge is 0.187 e. The lowest BCUT2D eigenvalue weighted by Crippen LogP contribution is -2.14. The quantitative estimate of drug-likeness (QED) is 0.0503. The minimum Gasteiger partial charge on any atom is -0.370 e. The molecule has 0 bridgehead atoms. The highest BCUT2D eigenvalue weighted by Gasteiger charge is 2.44. The predicted molar refractivity (Wildman–Crippen MR) is 121 cm³/mol. The van der Waals surface area contributed by atoms with Crippen LogP contribution in [0.1, 0.15) is 84.0 Å². The van der Waals surface area contributed by atoms with Crippen LogP contribution in [-0.2, 0) is 44.4 Å². The van der Waals surface area contributed by atoms with Gasteiger partial charge in [0.2, 0.25) is 0 Å². The Morgan fingerprint density at radius 1 is 0.853 bits per heavy atom. The highest BCUT2D eigenvalue weighted by atomic mass is 17.9. The Morgan fingerprint density at radius 2 is 1.56 bits per heavy atom. The van der Waals surface area contributed by atoms with Crippen LogP contribution < -0.4 is 0 Å². The Hall–Kier alpha value is -1.26. The van der Waals surface area contributed by atoms with Gasteiger partial charge in [0.05, 0.1) is 31.0 Å². The van der Waals surface area contributed by atoms with Crippen molar-refractivity contribution in [3.8, 4) is 0 Å². The van der Waals surface area contributed by atoms with Gasteiger partial charge in [0.1, 0.15) is 0 Å². The summed E-state index contributed by atoms with van der Waals surface area (Å²) < 4.78 is 10.9. The van der Waals surface area contributed by atoms with E-state index in [1.54, 1.807) is 0 Å². The molecule has 0 aromatic carbocycles. The molecule has 9 heteroatoms. The van der Waals surface area contributed by atoms with Gasteiger partial charge in [-0.05, 0) is 66.9 Å². The number of ether oxygens (including phenoxy) is 2. The van der Waals surface area contributed by atoms with E-state index in [1.165, 1.54) is 38.5 Å². The van der Waals surface area contributed by atoms with Crippen LogP contribution in [0.5, 0.6) is 0 Å². The van der Waals surface area contributed by atoms with Gasteiger partial charge < -0.3 is 14.4 Å². The van der Waals surface area contributed by atoms with Gasteiger partial charge in [0.25, 0.3) is 0 Å². The summed E-state index contributed by atoms with van der Waals surface area (Å²) in [7, 11) is 0. The Kier molecular flexibility index (Phi) is 12.6. The molecule has 2 heterocycles. The molecular weight excluding hydrogens is 444 g/mol. The van der Waals surface area contributed by atoms with E-state index in [1.807, 2.05) is 0 Å². The lowest BCUT2D eigenvalue weighted by atomic mass is 9.86.